The number of nitrogens with one attached hydrogen (secondary N) is 4. The zero-order chi connectivity index (χ0) is 44.9. The number of carbonyl (C=O) groups is 7. The number of benzene rings is 2. The summed E-state index contributed by atoms with van der Waals surface area (Å²) in [6, 6.07) is 11.7. The molecular weight excluding hydrogens is 801 g/mol. The van der Waals surface area contributed by atoms with Crippen LogP contribution in [0.5, 0.6) is 0 Å². The Bertz CT molecular complexity index is 2450. The lowest BCUT2D eigenvalue weighted by atomic mass is 9.88. The Morgan fingerprint density at radius 2 is 1.73 bits per heavy atom. The molecule has 1 aromatic heterocycles. The van der Waals surface area contributed by atoms with Gasteiger partial charge in [0.05, 0.1) is 11.1 Å². The lowest BCUT2D eigenvalue weighted by Gasteiger charge is -2.35. The van der Waals surface area contributed by atoms with Crippen molar-refractivity contribution in [1.82, 2.24) is 25.4 Å². The number of rotatable bonds is 16. The summed E-state index contributed by atoms with van der Waals surface area (Å²) in [5.41, 5.74) is 6.85. The molecule has 0 radical (unpaired) electrons. The zero-order valence-corrected chi connectivity index (χ0v) is 36.3. The fraction of sp³-hybridized carbons (Fsp3) is 0.396. The van der Waals surface area contributed by atoms with Crippen LogP contribution in [-0.2, 0) is 25.6 Å². The van der Waals surface area contributed by atoms with Gasteiger partial charge in [-0.05, 0) is 99.6 Å². The average Bonchev–Trinajstić information content (AvgIpc) is 3.51. The molecule has 4 heterocycles. The molecule has 0 bridgehead atoms. The summed E-state index contributed by atoms with van der Waals surface area (Å²) in [7, 11) is 0. The van der Waals surface area contributed by atoms with Crippen LogP contribution in [0.25, 0.3) is 11.1 Å². The third kappa shape index (κ3) is 9.88. The van der Waals surface area contributed by atoms with Gasteiger partial charge in [0.1, 0.15) is 11.9 Å². The minimum absolute atomic E-state index is 0.0387. The number of hydrogen-bond acceptors (Lipinski definition) is 12. The van der Waals surface area contributed by atoms with E-state index in [1.54, 1.807) is 24.4 Å². The highest BCUT2D eigenvalue weighted by atomic mass is 16.2. The molecule has 2 saturated heterocycles. The first-order chi connectivity index (χ1) is 30.2. The van der Waals surface area contributed by atoms with Crippen LogP contribution in [0.3, 0.4) is 0 Å². The van der Waals surface area contributed by atoms with Crippen molar-refractivity contribution in [2.75, 3.05) is 49.5 Å². The topological polar surface area (TPSA) is 202 Å². The van der Waals surface area contributed by atoms with E-state index in [9.17, 15) is 33.6 Å². The van der Waals surface area contributed by atoms with Crippen molar-refractivity contribution in [3.63, 3.8) is 0 Å². The minimum atomic E-state index is -1.05. The number of pyridine rings is 1. The first-order valence-corrected chi connectivity index (χ1v) is 21.6. The van der Waals surface area contributed by atoms with Crippen molar-refractivity contribution < 1.29 is 33.6 Å². The molecule has 3 aliphatic heterocycles. The molecular formula is C48H54N8O7. The van der Waals surface area contributed by atoms with Crippen LogP contribution in [0, 0.1) is 5.41 Å². The fourth-order valence-electron chi connectivity index (χ4n) is 8.86. The van der Waals surface area contributed by atoms with E-state index < -0.39 is 29.7 Å². The summed E-state index contributed by atoms with van der Waals surface area (Å²) in [4.78, 5) is 100. The third-order valence-electron chi connectivity index (χ3n) is 12.1. The van der Waals surface area contributed by atoms with Crippen LogP contribution >= 0.6 is 0 Å². The quantitative estimate of drug-likeness (QED) is 0.0855. The number of amides is 5. The molecule has 328 valence electrons. The van der Waals surface area contributed by atoms with Crippen molar-refractivity contribution in [2.45, 2.75) is 84.7 Å². The Labute approximate surface area is 366 Å². The van der Waals surface area contributed by atoms with Crippen molar-refractivity contribution in [1.29, 1.82) is 5.41 Å². The van der Waals surface area contributed by atoms with Gasteiger partial charge in [-0.15, -0.1) is 0 Å². The third-order valence-corrected chi connectivity index (χ3v) is 12.1. The number of fused-ring (bicyclic) bond motifs is 1. The van der Waals surface area contributed by atoms with Gasteiger partial charge in [0.15, 0.2) is 11.6 Å². The van der Waals surface area contributed by atoms with Crippen LogP contribution in [0.1, 0.15) is 108 Å². The molecule has 2 aromatic carbocycles. The smallest absolute Gasteiger partial charge is 0.262 e. The van der Waals surface area contributed by atoms with E-state index in [1.807, 2.05) is 58.0 Å². The van der Waals surface area contributed by atoms with Gasteiger partial charge >= 0.3 is 0 Å². The normalized spacial score (nSPS) is 18.1. The number of Topliss-reactive ketones (excluding diaryl/α,β-unsaturated/α-hetero) is 2. The Morgan fingerprint density at radius 1 is 0.952 bits per heavy atom. The van der Waals surface area contributed by atoms with Gasteiger partial charge in [0.25, 0.3) is 11.8 Å². The second-order valence-corrected chi connectivity index (χ2v) is 17.0. The average molecular weight is 855 g/mol. The van der Waals surface area contributed by atoms with Crippen molar-refractivity contribution in [2.24, 2.45) is 0 Å². The first-order valence-electron chi connectivity index (χ1n) is 21.6. The van der Waals surface area contributed by atoms with Gasteiger partial charge < -0.3 is 20.9 Å². The van der Waals surface area contributed by atoms with Crippen LogP contribution in [0.4, 0.5) is 11.5 Å². The predicted molar refractivity (Wildman–Crippen MR) is 239 cm³/mol. The molecule has 0 saturated carbocycles. The van der Waals surface area contributed by atoms with E-state index in [4.69, 9.17) is 10.4 Å². The van der Waals surface area contributed by atoms with E-state index in [2.05, 4.69) is 25.8 Å². The Kier molecular flexibility index (Phi) is 13.5. The Balaban J connectivity index is 0.907. The highest BCUT2D eigenvalue weighted by Gasteiger charge is 2.45. The SMILES string of the molecule is CC1=CC(C)=C(CCC(=O)c2cc(-c3ccc(N4CCN(CCNC(=O)CCc5cccc6c5C(=O)N(C5CCC(=O)NC5=O)C6=O)CC4)nc3)cc(NC(C)C)c2C=N)C(=O)C1. The van der Waals surface area contributed by atoms with E-state index in [0.29, 0.717) is 53.9 Å². The van der Waals surface area contributed by atoms with E-state index in [1.165, 1.54) is 6.21 Å². The van der Waals surface area contributed by atoms with Gasteiger partial charge in [-0.2, -0.15) is 0 Å². The monoisotopic (exact) mass is 854 g/mol. The van der Waals surface area contributed by atoms with Gasteiger partial charge in [-0.3, -0.25) is 48.7 Å². The summed E-state index contributed by atoms with van der Waals surface area (Å²) in [6.07, 6.45) is 6.38. The highest BCUT2D eigenvalue weighted by Crippen LogP contribution is 2.33. The van der Waals surface area contributed by atoms with Crippen LogP contribution < -0.4 is 20.9 Å². The second kappa shape index (κ2) is 19.2. The molecule has 2 fully saturated rings. The maximum absolute atomic E-state index is 13.8. The number of carbonyl (C=O) groups excluding carboxylic acids is 7. The summed E-state index contributed by atoms with van der Waals surface area (Å²) >= 11 is 0. The molecule has 15 heteroatoms. The first kappa shape index (κ1) is 44.4. The second-order valence-electron chi connectivity index (χ2n) is 17.0. The maximum Gasteiger partial charge on any atom is 0.262 e. The van der Waals surface area contributed by atoms with Gasteiger partial charge in [-0.25, -0.2) is 4.98 Å². The molecule has 4 N–H and O–H groups in total. The van der Waals surface area contributed by atoms with E-state index in [-0.39, 0.29) is 66.7 Å². The fourth-order valence-corrected chi connectivity index (χ4v) is 8.86. The number of anilines is 2. The Hall–Kier alpha value is -6.61. The number of aromatic nitrogens is 1. The maximum atomic E-state index is 13.8. The van der Waals surface area contributed by atoms with Crippen molar-refractivity contribution in [3.8, 4) is 11.1 Å². The number of imide groups is 2. The highest BCUT2D eigenvalue weighted by molar-refractivity contribution is 6.24. The van der Waals surface area contributed by atoms with E-state index >= 15 is 0 Å². The van der Waals surface area contributed by atoms with Crippen LogP contribution in [0.15, 0.2) is 71.5 Å². The summed E-state index contributed by atoms with van der Waals surface area (Å²) in [5.74, 6) is -1.68. The van der Waals surface area contributed by atoms with Gasteiger partial charge in [-0.1, -0.05) is 23.8 Å². The number of ketones is 2. The lowest BCUT2D eigenvalue weighted by Crippen LogP contribution is -2.54. The Morgan fingerprint density at radius 3 is 2.41 bits per heavy atom. The minimum Gasteiger partial charge on any atom is -0.382 e. The number of piperidine rings is 1. The van der Waals surface area contributed by atoms with Gasteiger partial charge in [0, 0.05) is 106 Å². The molecule has 1 unspecified atom stereocenters. The van der Waals surface area contributed by atoms with Gasteiger partial charge in [0.2, 0.25) is 17.7 Å². The zero-order valence-electron chi connectivity index (χ0n) is 36.3. The number of aryl methyl sites for hydroxylation is 1. The summed E-state index contributed by atoms with van der Waals surface area (Å²) < 4.78 is 0. The van der Waals surface area contributed by atoms with E-state index in [0.717, 1.165) is 59.2 Å². The molecule has 15 nitrogen and oxygen atoms in total. The summed E-state index contributed by atoms with van der Waals surface area (Å²) in [6.45, 7) is 12.0. The number of piperazine rings is 1. The van der Waals surface area contributed by atoms with Crippen molar-refractivity contribution >= 4 is 58.8 Å². The van der Waals surface area contributed by atoms with Crippen LogP contribution in [-0.4, -0.2) is 113 Å². The van der Waals surface area contributed by atoms with Crippen molar-refractivity contribution in [3.05, 3.63) is 99.3 Å². The molecule has 0 spiro atoms. The molecule has 7 rings (SSSR count). The molecule has 1 aliphatic carbocycles. The molecule has 4 aliphatic rings. The molecule has 1 atom stereocenters. The molecule has 63 heavy (non-hydrogen) atoms. The summed E-state index contributed by atoms with van der Waals surface area (Å²) in [5, 5.41) is 16.8. The standard InChI is InChI=1S/C48H54N8O7/c1-28(2)52-38-25-33(24-36(37(38)26-49)40(57)12-10-34-30(4)22-29(3)23-41(34)58)32-8-13-42(51-27-32)55-20-18-54(19-21-55)17-16-50-43(59)14-9-31-6-5-7-35-45(31)48(63)56(47(35)62)39-11-15-44(60)53-46(39)61/h5-8,13,22,24-28,39,49,52H,9-12,14-21,23H2,1-4H3,(H,50,59)(H,53,60,61). The number of hydrogen-bond donors (Lipinski definition) is 4. The lowest BCUT2D eigenvalue weighted by molar-refractivity contribution is -0.136. The number of allylic oxidation sites excluding steroid dienone is 4. The predicted octanol–water partition coefficient (Wildman–Crippen LogP) is 5.04. The molecule has 5 amide bonds. The van der Waals surface area contributed by atoms with Crippen LogP contribution in [0.2, 0.25) is 0 Å². The number of nitrogens with zero attached hydrogens (tertiary/aromatic N) is 4. The largest absolute Gasteiger partial charge is 0.382 e. The molecule has 3 aromatic rings.